The van der Waals surface area contributed by atoms with Crippen LogP contribution in [-0.4, -0.2) is 37.4 Å². The summed E-state index contributed by atoms with van der Waals surface area (Å²) in [6.45, 7) is 7.81. The first kappa shape index (κ1) is 18.5. The van der Waals surface area contributed by atoms with Gasteiger partial charge in [0.1, 0.15) is 5.82 Å². The molecule has 3 unspecified atom stereocenters. The van der Waals surface area contributed by atoms with Gasteiger partial charge in [-0.25, -0.2) is 9.97 Å². The second kappa shape index (κ2) is 7.26. The van der Waals surface area contributed by atoms with Crippen molar-refractivity contribution in [3.8, 4) is 0 Å². The fraction of sp³-hybridized carbons (Fsp3) is 0.409. The molecule has 6 nitrogen and oxygen atoms in total. The number of nitrogens with one attached hydrogen (secondary N) is 1. The second-order valence-corrected chi connectivity index (χ2v) is 7.93. The van der Waals surface area contributed by atoms with Crippen LogP contribution in [0.4, 0.5) is 5.82 Å². The Hall–Kier alpha value is -2.89. The fourth-order valence-electron chi connectivity index (χ4n) is 4.37. The molecule has 146 valence electrons. The van der Waals surface area contributed by atoms with Crippen molar-refractivity contribution in [3.63, 3.8) is 0 Å². The summed E-state index contributed by atoms with van der Waals surface area (Å²) < 4.78 is 2.08. The summed E-state index contributed by atoms with van der Waals surface area (Å²) in [5.41, 5.74) is 4.42. The summed E-state index contributed by atoms with van der Waals surface area (Å²) in [6.07, 6.45) is 11.7. The number of carbonyl (C=O) groups excluding carboxylic acids is 1. The number of nitrogens with zero attached hydrogens (tertiary/aromatic N) is 4. The average Bonchev–Trinajstić information content (AvgIpc) is 3.09. The van der Waals surface area contributed by atoms with E-state index in [1.165, 1.54) is 5.70 Å². The summed E-state index contributed by atoms with van der Waals surface area (Å²) in [6, 6.07) is 4.45. The third-order valence-electron chi connectivity index (χ3n) is 5.68. The maximum absolute atomic E-state index is 12.3. The first-order valence-corrected chi connectivity index (χ1v) is 9.83. The lowest BCUT2D eigenvalue weighted by Crippen LogP contribution is -2.51. The van der Waals surface area contributed by atoms with E-state index in [-0.39, 0.29) is 23.9 Å². The number of likely N-dealkylation sites (tertiary alicyclic amines) is 1. The van der Waals surface area contributed by atoms with Crippen LogP contribution in [0, 0.1) is 19.8 Å². The SMILES string of the molecule is CC(=O)N1C2=CC=C(n3cnc(C)c3)CC2C(Nc2ccc(C)cn2)CC1C. The number of anilines is 1. The van der Waals surface area contributed by atoms with Crippen LogP contribution < -0.4 is 5.32 Å². The van der Waals surface area contributed by atoms with E-state index in [1.54, 1.807) is 6.92 Å². The molecule has 2 aromatic heterocycles. The molecule has 28 heavy (non-hydrogen) atoms. The molecular weight excluding hydrogens is 350 g/mol. The predicted molar refractivity (Wildman–Crippen MR) is 110 cm³/mol. The number of imidazole rings is 1. The minimum Gasteiger partial charge on any atom is -0.367 e. The first-order valence-electron chi connectivity index (χ1n) is 9.83. The van der Waals surface area contributed by atoms with E-state index in [4.69, 9.17) is 0 Å². The molecule has 1 saturated heterocycles. The van der Waals surface area contributed by atoms with Crippen LogP contribution in [0.5, 0.6) is 0 Å². The van der Waals surface area contributed by atoms with Crippen molar-refractivity contribution in [2.75, 3.05) is 5.32 Å². The number of piperidine rings is 1. The van der Waals surface area contributed by atoms with Crippen LogP contribution in [0.15, 0.2) is 48.7 Å². The van der Waals surface area contributed by atoms with Gasteiger partial charge in [-0.3, -0.25) is 4.79 Å². The van der Waals surface area contributed by atoms with Crippen LogP contribution in [-0.2, 0) is 4.79 Å². The van der Waals surface area contributed by atoms with Crippen LogP contribution in [0.2, 0.25) is 0 Å². The minimum absolute atomic E-state index is 0.103. The maximum atomic E-state index is 12.3. The lowest BCUT2D eigenvalue weighted by molar-refractivity contribution is -0.130. The standard InChI is InChI=1S/C22H27N5O/c1-14-5-8-22(23-11-14)25-20-9-16(3)27(17(4)28)21-7-6-18(10-19(20)21)26-12-15(2)24-13-26/h5-8,11-13,16,19-20H,9-10H2,1-4H3,(H,23,25). The van der Waals surface area contributed by atoms with Crippen molar-refractivity contribution in [3.05, 3.63) is 60.0 Å². The highest BCUT2D eigenvalue weighted by Crippen LogP contribution is 2.40. The van der Waals surface area contributed by atoms with Gasteiger partial charge in [0, 0.05) is 48.7 Å². The number of rotatable bonds is 3. The van der Waals surface area contributed by atoms with Crippen molar-refractivity contribution in [2.45, 2.75) is 52.6 Å². The molecule has 3 heterocycles. The summed E-state index contributed by atoms with van der Waals surface area (Å²) in [7, 11) is 0. The molecule has 0 bridgehead atoms. The zero-order valence-electron chi connectivity index (χ0n) is 16.9. The van der Waals surface area contributed by atoms with Crippen LogP contribution >= 0.6 is 0 Å². The Labute approximate surface area is 166 Å². The van der Waals surface area contributed by atoms with E-state index in [0.717, 1.165) is 35.6 Å². The molecule has 0 aromatic carbocycles. The summed E-state index contributed by atoms with van der Waals surface area (Å²) in [5.74, 6) is 1.19. The quantitative estimate of drug-likeness (QED) is 0.885. The number of fused-ring (bicyclic) bond motifs is 1. The molecule has 4 rings (SSSR count). The average molecular weight is 377 g/mol. The summed E-state index contributed by atoms with van der Waals surface area (Å²) >= 11 is 0. The van der Waals surface area contributed by atoms with Crippen LogP contribution in [0.1, 0.15) is 37.9 Å². The lowest BCUT2D eigenvalue weighted by Gasteiger charge is -2.46. The maximum Gasteiger partial charge on any atom is 0.223 e. The third-order valence-corrected chi connectivity index (χ3v) is 5.68. The molecular formula is C22H27N5O. The summed E-state index contributed by atoms with van der Waals surface area (Å²) in [4.78, 5) is 23.2. The normalized spacial score (nSPS) is 24.3. The van der Waals surface area contributed by atoms with E-state index in [9.17, 15) is 4.79 Å². The van der Waals surface area contributed by atoms with Crippen molar-refractivity contribution < 1.29 is 4.79 Å². The number of carbonyl (C=O) groups is 1. The Morgan fingerprint density at radius 1 is 1.21 bits per heavy atom. The Morgan fingerprint density at radius 3 is 2.68 bits per heavy atom. The molecule has 1 aliphatic carbocycles. The van der Waals surface area contributed by atoms with Gasteiger partial charge >= 0.3 is 0 Å². The smallest absolute Gasteiger partial charge is 0.223 e. The van der Waals surface area contributed by atoms with Gasteiger partial charge in [0.15, 0.2) is 0 Å². The van der Waals surface area contributed by atoms with Crippen molar-refractivity contribution >= 4 is 17.4 Å². The molecule has 6 heteroatoms. The van der Waals surface area contributed by atoms with E-state index in [1.807, 2.05) is 43.5 Å². The van der Waals surface area contributed by atoms with Crippen LogP contribution in [0.25, 0.3) is 5.70 Å². The number of aromatic nitrogens is 3. The van der Waals surface area contributed by atoms with Gasteiger partial charge < -0.3 is 14.8 Å². The first-order chi connectivity index (χ1) is 13.4. The van der Waals surface area contributed by atoms with E-state index >= 15 is 0 Å². The molecule has 1 aliphatic heterocycles. The number of pyridine rings is 1. The van der Waals surface area contributed by atoms with Crippen molar-refractivity contribution in [1.29, 1.82) is 0 Å². The highest BCUT2D eigenvalue weighted by molar-refractivity contribution is 5.77. The van der Waals surface area contributed by atoms with Gasteiger partial charge in [-0.15, -0.1) is 0 Å². The number of aryl methyl sites for hydroxylation is 2. The Bertz CT molecular complexity index is 940. The Kier molecular flexibility index (Phi) is 4.79. The third kappa shape index (κ3) is 3.46. The molecule has 2 aromatic rings. The van der Waals surface area contributed by atoms with Gasteiger partial charge in [0.25, 0.3) is 0 Å². The van der Waals surface area contributed by atoms with E-state index < -0.39 is 0 Å². The van der Waals surface area contributed by atoms with Gasteiger partial charge in [0.05, 0.1) is 12.0 Å². The van der Waals surface area contributed by atoms with Gasteiger partial charge in [-0.05, 0) is 57.4 Å². The fourth-order valence-corrected chi connectivity index (χ4v) is 4.37. The minimum atomic E-state index is 0.103. The largest absolute Gasteiger partial charge is 0.367 e. The Balaban J connectivity index is 1.67. The van der Waals surface area contributed by atoms with Crippen molar-refractivity contribution in [2.24, 2.45) is 5.92 Å². The number of hydrogen-bond acceptors (Lipinski definition) is 4. The molecule has 0 saturated carbocycles. The molecule has 3 atom stereocenters. The second-order valence-electron chi connectivity index (χ2n) is 7.93. The highest BCUT2D eigenvalue weighted by Gasteiger charge is 2.40. The number of allylic oxidation sites excluding steroid dienone is 3. The molecule has 1 N–H and O–H groups in total. The number of hydrogen-bond donors (Lipinski definition) is 1. The molecule has 0 radical (unpaired) electrons. The topological polar surface area (TPSA) is 63.1 Å². The monoisotopic (exact) mass is 377 g/mol. The van der Waals surface area contributed by atoms with Gasteiger partial charge in [0.2, 0.25) is 5.91 Å². The lowest BCUT2D eigenvalue weighted by atomic mass is 9.79. The van der Waals surface area contributed by atoms with Gasteiger partial charge in [-0.2, -0.15) is 0 Å². The molecule has 2 aliphatic rings. The summed E-state index contributed by atoms with van der Waals surface area (Å²) in [5, 5.41) is 3.63. The zero-order chi connectivity index (χ0) is 19.8. The Morgan fingerprint density at radius 2 is 2.04 bits per heavy atom. The van der Waals surface area contributed by atoms with E-state index in [2.05, 4.69) is 45.0 Å². The van der Waals surface area contributed by atoms with Gasteiger partial charge in [-0.1, -0.05) is 6.07 Å². The molecule has 0 spiro atoms. The van der Waals surface area contributed by atoms with Crippen molar-refractivity contribution in [1.82, 2.24) is 19.4 Å². The molecule has 1 amide bonds. The number of amides is 1. The van der Waals surface area contributed by atoms with E-state index in [0.29, 0.717) is 0 Å². The molecule has 1 fully saturated rings. The van der Waals surface area contributed by atoms with Crippen LogP contribution in [0.3, 0.4) is 0 Å². The highest BCUT2D eigenvalue weighted by atomic mass is 16.2. The predicted octanol–water partition coefficient (Wildman–Crippen LogP) is 3.76. The zero-order valence-corrected chi connectivity index (χ0v) is 16.9.